The van der Waals surface area contributed by atoms with Crippen LogP contribution in [-0.4, -0.2) is 20.9 Å². The van der Waals surface area contributed by atoms with Gasteiger partial charge in [0.15, 0.2) is 0 Å². The fourth-order valence-corrected chi connectivity index (χ4v) is 0.828. The monoisotopic (exact) mass is 145 g/mol. The molecule has 0 bridgehead atoms. The van der Waals surface area contributed by atoms with E-state index in [0.29, 0.717) is 5.88 Å². The van der Waals surface area contributed by atoms with Crippen molar-refractivity contribution in [3.63, 3.8) is 0 Å². The number of hydrogen-bond acceptors (Lipinski definition) is 2. The lowest BCUT2D eigenvalue weighted by atomic mass is 10.4. The second-order valence-corrected chi connectivity index (χ2v) is 2.17. The Hall–Kier alpha value is -0.570. The predicted molar refractivity (Wildman–Crippen MR) is 35.4 cm³/mol. The van der Waals surface area contributed by atoms with Crippen LogP contribution in [0.25, 0.3) is 0 Å². The Bertz CT molecular complexity index is 184. The van der Waals surface area contributed by atoms with Gasteiger partial charge in [-0.25, -0.2) is 0 Å². The van der Waals surface area contributed by atoms with Crippen LogP contribution in [0.15, 0.2) is 6.20 Å². The van der Waals surface area contributed by atoms with Crippen molar-refractivity contribution in [1.82, 2.24) is 15.0 Å². The molecule has 1 aromatic heterocycles. The summed E-state index contributed by atoms with van der Waals surface area (Å²) in [5.74, 6) is 0.626. The Morgan fingerprint density at radius 3 is 3.00 bits per heavy atom. The van der Waals surface area contributed by atoms with Crippen molar-refractivity contribution < 1.29 is 0 Å². The molecule has 0 unspecified atom stereocenters. The molecule has 0 amide bonds. The van der Waals surface area contributed by atoms with E-state index in [1.807, 2.05) is 7.05 Å². The van der Waals surface area contributed by atoms with E-state index in [2.05, 4.69) is 10.3 Å². The maximum atomic E-state index is 5.50. The number of aromatic nitrogens is 3. The van der Waals surface area contributed by atoms with Crippen molar-refractivity contribution in [2.45, 2.75) is 6.42 Å². The number of alkyl halides is 1. The van der Waals surface area contributed by atoms with Gasteiger partial charge in [-0.2, -0.15) is 0 Å². The molecule has 4 heteroatoms. The fraction of sp³-hybridized carbons (Fsp3) is 0.600. The summed E-state index contributed by atoms with van der Waals surface area (Å²) in [5.41, 5.74) is 1.07. The molecule has 0 radical (unpaired) electrons. The molecule has 3 nitrogen and oxygen atoms in total. The maximum Gasteiger partial charge on any atom is 0.0725 e. The van der Waals surface area contributed by atoms with E-state index in [4.69, 9.17) is 11.6 Å². The van der Waals surface area contributed by atoms with Gasteiger partial charge in [-0.05, 0) is 0 Å². The number of rotatable bonds is 2. The molecular formula is C5H8ClN3. The Morgan fingerprint density at radius 1 is 1.78 bits per heavy atom. The second-order valence-electron chi connectivity index (χ2n) is 1.79. The standard InChI is InChI=1S/C5H8ClN3/c1-9-5(2-3-6)4-7-8-9/h4H,2-3H2,1H3. The van der Waals surface area contributed by atoms with Crippen molar-refractivity contribution in [3.8, 4) is 0 Å². The minimum Gasteiger partial charge on any atom is -0.252 e. The smallest absolute Gasteiger partial charge is 0.0725 e. The van der Waals surface area contributed by atoms with Crippen molar-refractivity contribution in [1.29, 1.82) is 0 Å². The molecule has 1 rings (SSSR count). The molecule has 0 saturated carbocycles. The quantitative estimate of drug-likeness (QED) is 0.571. The summed E-state index contributed by atoms with van der Waals surface area (Å²) in [4.78, 5) is 0. The van der Waals surface area contributed by atoms with E-state index in [1.54, 1.807) is 10.9 Å². The van der Waals surface area contributed by atoms with E-state index >= 15 is 0 Å². The van der Waals surface area contributed by atoms with Gasteiger partial charge in [-0.3, -0.25) is 4.68 Å². The van der Waals surface area contributed by atoms with Crippen LogP contribution in [0.1, 0.15) is 5.69 Å². The van der Waals surface area contributed by atoms with Crippen LogP contribution in [0.3, 0.4) is 0 Å². The number of aryl methyl sites for hydroxylation is 2. The molecule has 0 fully saturated rings. The summed E-state index contributed by atoms with van der Waals surface area (Å²) in [5, 5.41) is 7.44. The second kappa shape index (κ2) is 2.82. The molecule has 0 saturated heterocycles. The van der Waals surface area contributed by atoms with Gasteiger partial charge in [0.05, 0.1) is 11.9 Å². The zero-order valence-corrected chi connectivity index (χ0v) is 5.97. The first kappa shape index (κ1) is 6.55. The predicted octanol–water partition coefficient (Wildman–Crippen LogP) is 0.596. The molecule has 1 aromatic rings. The van der Waals surface area contributed by atoms with Crippen molar-refractivity contribution in [2.75, 3.05) is 5.88 Å². The van der Waals surface area contributed by atoms with Crippen LogP contribution in [0, 0.1) is 0 Å². The molecule has 0 spiro atoms. The first-order valence-electron chi connectivity index (χ1n) is 2.74. The van der Waals surface area contributed by atoms with E-state index < -0.39 is 0 Å². The van der Waals surface area contributed by atoms with E-state index in [-0.39, 0.29) is 0 Å². The summed E-state index contributed by atoms with van der Waals surface area (Å²) in [7, 11) is 1.86. The summed E-state index contributed by atoms with van der Waals surface area (Å²) < 4.78 is 1.72. The number of halogens is 1. The van der Waals surface area contributed by atoms with Crippen molar-refractivity contribution in [3.05, 3.63) is 11.9 Å². The molecule has 0 aliphatic rings. The average Bonchev–Trinajstić information content (AvgIpc) is 2.18. The molecule has 0 atom stereocenters. The fourth-order valence-electron chi connectivity index (χ4n) is 0.634. The van der Waals surface area contributed by atoms with E-state index in [9.17, 15) is 0 Å². The van der Waals surface area contributed by atoms with Gasteiger partial charge < -0.3 is 0 Å². The molecule has 9 heavy (non-hydrogen) atoms. The Morgan fingerprint density at radius 2 is 2.56 bits per heavy atom. The lowest BCUT2D eigenvalue weighted by Gasteiger charge is -1.93. The van der Waals surface area contributed by atoms with Crippen LogP contribution < -0.4 is 0 Å². The molecule has 1 heterocycles. The molecular weight excluding hydrogens is 138 g/mol. The molecule has 50 valence electrons. The minimum absolute atomic E-state index is 0.626. The highest BCUT2D eigenvalue weighted by Gasteiger charge is 1.95. The number of nitrogens with zero attached hydrogens (tertiary/aromatic N) is 3. The van der Waals surface area contributed by atoms with Gasteiger partial charge >= 0.3 is 0 Å². The first-order chi connectivity index (χ1) is 4.34. The van der Waals surface area contributed by atoms with Gasteiger partial charge in [0.2, 0.25) is 0 Å². The summed E-state index contributed by atoms with van der Waals surface area (Å²) in [6.07, 6.45) is 2.56. The van der Waals surface area contributed by atoms with E-state index in [0.717, 1.165) is 12.1 Å². The zero-order chi connectivity index (χ0) is 6.69. The Labute approximate surface area is 58.6 Å². The first-order valence-corrected chi connectivity index (χ1v) is 3.27. The third-order valence-corrected chi connectivity index (χ3v) is 1.35. The van der Waals surface area contributed by atoms with Gasteiger partial charge in [0, 0.05) is 19.3 Å². The van der Waals surface area contributed by atoms with Crippen LogP contribution in [0.5, 0.6) is 0 Å². The maximum absolute atomic E-state index is 5.50. The Balaban J connectivity index is 2.69. The van der Waals surface area contributed by atoms with Crippen molar-refractivity contribution >= 4 is 11.6 Å². The van der Waals surface area contributed by atoms with Crippen LogP contribution in [0.2, 0.25) is 0 Å². The summed E-state index contributed by atoms with van der Waals surface area (Å²) in [6, 6.07) is 0. The van der Waals surface area contributed by atoms with Gasteiger partial charge in [0.25, 0.3) is 0 Å². The van der Waals surface area contributed by atoms with Crippen molar-refractivity contribution in [2.24, 2.45) is 7.05 Å². The zero-order valence-electron chi connectivity index (χ0n) is 5.21. The van der Waals surface area contributed by atoms with Crippen LogP contribution in [0.4, 0.5) is 0 Å². The number of hydrogen-bond donors (Lipinski definition) is 0. The third kappa shape index (κ3) is 1.42. The lowest BCUT2D eigenvalue weighted by molar-refractivity contribution is 0.682. The SMILES string of the molecule is Cn1nncc1CCCl. The lowest BCUT2D eigenvalue weighted by Crippen LogP contribution is -1.98. The molecule has 0 aromatic carbocycles. The topological polar surface area (TPSA) is 30.7 Å². The molecule has 0 aliphatic heterocycles. The minimum atomic E-state index is 0.626. The normalized spacial score (nSPS) is 10.0. The highest BCUT2D eigenvalue weighted by atomic mass is 35.5. The third-order valence-electron chi connectivity index (χ3n) is 1.16. The van der Waals surface area contributed by atoms with Gasteiger partial charge in [-0.1, -0.05) is 5.21 Å². The summed E-state index contributed by atoms with van der Waals surface area (Å²) in [6.45, 7) is 0. The molecule has 0 N–H and O–H groups in total. The highest BCUT2D eigenvalue weighted by Crippen LogP contribution is 1.95. The summed E-state index contributed by atoms with van der Waals surface area (Å²) >= 11 is 5.50. The van der Waals surface area contributed by atoms with E-state index in [1.165, 1.54) is 0 Å². The van der Waals surface area contributed by atoms with Crippen LogP contribution >= 0.6 is 11.6 Å². The van der Waals surface area contributed by atoms with Gasteiger partial charge in [-0.15, -0.1) is 16.7 Å². The largest absolute Gasteiger partial charge is 0.252 e. The average molecular weight is 146 g/mol. The molecule has 0 aliphatic carbocycles. The Kier molecular flexibility index (Phi) is 2.05. The highest BCUT2D eigenvalue weighted by molar-refractivity contribution is 6.17. The van der Waals surface area contributed by atoms with Gasteiger partial charge in [0.1, 0.15) is 0 Å². The van der Waals surface area contributed by atoms with Crippen LogP contribution in [-0.2, 0) is 13.5 Å².